The Morgan fingerprint density at radius 1 is 1.69 bits per heavy atom. The first-order valence-corrected chi connectivity index (χ1v) is 4.14. The third kappa shape index (κ3) is 2.36. The molecule has 1 heterocycles. The van der Waals surface area contributed by atoms with Crippen LogP contribution in [-0.4, -0.2) is 4.98 Å². The lowest BCUT2D eigenvalue weighted by atomic mass is 10.0. The molecule has 13 heavy (non-hydrogen) atoms. The Morgan fingerprint density at radius 3 is 2.92 bits per heavy atom. The molecule has 2 N–H and O–H groups in total. The second kappa shape index (κ2) is 4.14. The van der Waals surface area contributed by atoms with Crippen LogP contribution in [0.5, 0.6) is 0 Å². The van der Waals surface area contributed by atoms with Crippen LogP contribution in [0.1, 0.15) is 23.7 Å². The van der Waals surface area contributed by atoms with E-state index in [0.717, 1.165) is 5.56 Å². The molecule has 0 saturated carbocycles. The number of hydrogen-bond donors (Lipinski definition) is 1. The van der Waals surface area contributed by atoms with Gasteiger partial charge in [-0.2, -0.15) is 4.39 Å². The molecule has 1 aromatic rings. The maximum atomic E-state index is 12.6. The lowest BCUT2D eigenvalue weighted by molar-refractivity contribution is 0.574. The number of pyridine rings is 1. The van der Waals surface area contributed by atoms with Crippen molar-refractivity contribution in [1.29, 1.82) is 0 Å². The highest BCUT2D eigenvalue weighted by atomic mass is 19.1. The zero-order valence-corrected chi connectivity index (χ0v) is 7.63. The molecular formula is C10H13FN2. The summed E-state index contributed by atoms with van der Waals surface area (Å²) < 4.78 is 12.6. The van der Waals surface area contributed by atoms with E-state index in [9.17, 15) is 4.39 Å². The minimum Gasteiger partial charge on any atom is -0.324 e. The van der Waals surface area contributed by atoms with E-state index in [4.69, 9.17) is 5.73 Å². The Balaban J connectivity index is 2.94. The molecule has 70 valence electrons. The molecule has 1 aromatic heterocycles. The van der Waals surface area contributed by atoms with Crippen molar-refractivity contribution >= 4 is 0 Å². The van der Waals surface area contributed by atoms with Gasteiger partial charge >= 0.3 is 0 Å². The van der Waals surface area contributed by atoms with Crippen LogP contribution in [0.4, 0.5) is 4.39 Å². The van der Waals surface area contributed by atoms with E-state index in [-0.39, 0.29) is 6.04 Å². The summed E-state index contributed by atoms with van der Waals surface area (Å²) in [4.78, 5) is 3.70. The zero-order valence-electron chi connectivity index (χ0n) is 7.63. The SMILES string of the molecule is C=CCC(N)c1ccc(F)nc1C. The summed E-state index contributed by atoms with van der Waals surface area (Å²) in [6.45, 7) is 5.35. The molecule has 0 aliphatic rings. The molecule has 3 heteroatoms. The second-order valence-corrected chi connectivity index (χ2v) is 2.94. The molecule has 1 rings (SSSR count). The fourth-order valence-electron chi connectivity index (χ4n) is 1.24. The van der Waals surface area contributed by atoms with E-state index in [2.05, 4.69) is 11.6 Å². The molecule has 2 nitrogen and oxygen atoms in total. The molecule has 0 aliphatic carbocycles. The number of aryl methyl sites for hydroxylation is 1. The van der Waals surface area contributed by atoms with Crippen molar-refractivity contribution in [2.45, 2.75) is 19.4 Å². The van der Waals surface area contributed by atoms with E-state index in [1.807, 2.05) is 0 Å². The molecule has 0 fully saturated rings. The third-order valence-electron chi connectivity index (χ3n) is 1.91. The smallest absolute Gasteiger partial charge is 0.213 e. The first-order valence-electron chi connectivity index (χ1n) is 4.14. The average molecular weight is 180 g/mol. The van der Waals surface area contributed by atoms with Gasteiger partial charge in [-0.15, -0.1) is 6.58 Å². The summed E-state index contributed by atoms with van der Waals surface area (Å²) in [5.41, 5.74) is 7.35. The average Bonchev–Trinajstić information content (AvgIpc) is 2.04. The minimum atomic E-state index is -0.466. The second-order valence-electron chi connectivity index (χ2n) is 2.94. The summed E-state index contributed by atoms with van der Waals surface area (Å²) in [6.07, 6.45) is 2.42. The van der Waals surface area contributed by atoms with Crippen molar-refractivity contribution in [2.24, 2.45) is 5.73 Å². The lowest BCUT2D eigenvalue weighted by Crippen LogP contribution is -2.11. The van der Waals surface area contributed by atoms with Gasteiger partial charge in [-0.25, -0.2) is 4.98 Å². The predicted octanol–water partition coefficient (Wildman–Crippen LogP) is 2.11. The number of hydrogen-bond acceptors (Lipinski definition) is 2. The van der Waals surface area contributed by atoms with Crippen LogP contribution < -0.4 is 5.73 Å². The fourth-order valence-corrected chi connectivity index (χ4v) is 1.24. The molecule has 0 radical (unpaired) electrons. The van der Waals surface area contributed by atoms with Gasteiger partial charge in [0.05, 0.1) is 0 Å². The van der Waals surface area contributed by atoms with Crippen molar-refractivity contribution < 1.29 is 4.39 Å². The van der Waals surface area contributed by atoms with Crippen LogP contribution in [-0.2, 0) is 0 Å². The van der Waals surface area contributed by atoms with E-state index >= 15 is 0 Å². The summed E-state index contributed by atoms with van der Waals surface area (Å²) >= 11 is 0. The van der Waals surface area contributed by atoms with Crippen LogP contribution >= 0.6 is 0 Å². The van der Waals surface area contributed by atoms with E-state index in [1.165, 1.54) is 6.07 Å². The van der Waals surface area contributed by atoms with Gasteiger partial charge < -0.3 is 5.73 Å². The van der Waals surface area contributed by atoms with Crippen molar-refractivity contribution in [3.63, 3.8) is 0 Å². The van der Waals surface area contributed by atoms with Gasteiger partial charge in [0.1, 0.15) is 0 Å². The highest BCUT2D eigenvalue weighted by molar-refractivity contribution is 5.23. The largest absolute Gasteiger partial charge is 0.324 e. The summed E-state index contributed by atoms with van der Waals surface area (Å²) in [5.74, 6) is -0.466. The minimum absolute atomic E-state index is 0.134. The Hall–Kier alpha value is -1.22. The van der Waals surface area contributed by atoms with Gasteiger partial charge in [-0.1, -0.05) is 12.1 Å². The predicted molar refractivity (Wildman–Crippen MR) is 50.7 cm³/mol. The highest BCUT2D eigenvalue weighted by Crippen LogP contribution is 2.17. The van der Waals surface area contributed by atoms with E-state index in [1.54, 1.807) is 19.1 Å². The van der Waals surface area contributed by atoms with Crippen LogP contribution in [0.15, 0.2) is 24.8 Å². The van der Waals surface area contributed by atoms with Crippen LogP contribution in [0.3, 0.4) is 0 Å². The lowest BCUT2D eigenvalue weighted by Gasteiger charge is -2.11. The highest BCUT2D eigenvalue weighted by Gasteiger charge is 2.08. The summed E-state index contributed by atoms with van der Waals surface area (Å²) in [6, 6.07) is 2.86. The van der Waals surface area contributed by atoms with Crippen molar-refractivity contribution in [3.8, 4) is 0 Å². The molecular weight excluding hydrogens is 167 g/mol. The van der Waals surface area contributed by atoms with Gasteiger partial charge in [0.25, 0.3) is 0 Å². The molecule has 0 saturated heterocycles. The topological polar surface area (TPSA) is 38.9 Å². The van der Waals surface area contributed by atoms with Crippen molar-refractivity contribution in [2.75, 3.05) is 0 Å². The molecule has 1 unspecified atom stereocenters. The van der Waals surface area contributed by atoms with Crippen molar-refractivity contribution in [1.82, 2.24) is 4.98 Å². The van der Waals surface area contributed by atoms with Gasteiger partial charge in [-0.05, 0) is 25.0 Å². The fraction of sp³-hybridized carbons (Fsp3) is 0.300. The van der Waals surface area contributed by atoms with E-state index < -0.39 is 5.95 Å². The van der Waals surface area contributed by atoms with Gasteiger partial charge in [-0.3, -0.25) is 0 Å². The molecule has 0 aliphatic heterocycles. The molecule has 1 atom stereocenters. The third-order valence-corrected chi connectivity index (χ3v) is 1.91. The van der Waals surface area contributed by atoms with Crippen LogP contribution in [0.25, 0.3) is 0 Å². The molecule has 0 aromatic carbocycles. The standard InChI is InChI=1S/C10H13FN2/c1-3-4-9(12)8-5-6-10(11)13-7(8)2/h3,5-6,9H,1,4,12H2,2H3. The summed E-state index contributed by atoms with van der Waals surface area (Å²) in [5, 5.41) is 0. The van der Waals surface area contributed by atoms with E-state index in [0.29, 0.717) is 12.1 Å². The first-order chi connectivity index (χ1) is 6.15. The van der Waals surface area contributed by atoms with Gasteiger partial charge in [0.15, 0.2) is 0 Å². The maximum absolute atomic E-state index is 12.6. The first kappa shape index (κ1) is 9.86. The maximum Gasteiger partial charge on any atom is 0.213 e. The van der Waals surface area contributed by atoms with Crippen LogP contribution in [0, 0.1) is 12.9 Å². The van der Waals surface area contributed by atoms with Gasteiger partial charge in [0, 0.05) is 11.7 Å². The Kier molecular flexibility index (Phi) is 3.14. The number of nitrogens with two attached hydrogens (primary N) is 1. The Labute approximate surface area is 77.3 Å². The van der Waals surface area contributed by atoms with Gasteiger partial charge in [0.2, 0.25) is 5.95 Å². The molecule has 0 bridgehead atoms. The number of aromatic nitrogens is 1. The number of rotatable bonds is 3. The monoisotopic (exact) mass is 180 g/mol. The quantitative estimate of drug-likeness (QED) is 0.571. The van der Waals surface area contributed by atoms with Crippen molar-refractivity contribution in [3.05, 3.63) is 42.0 Å². The number of halogens is 1. The van der Waals surface area contributed by atoms with Crippen LogP contribution in [0.2, 0.25) is 0 Å². The molecule has 0 amide bonds. The Bertz CT molecular complexity index is 310. The Morgan fingerprint density at radius 2 is 2.38 bits per heavy atom. The molecule has 0 spiro atoms. The normalized spacial score (nSPS) is 12.5. The summed E-state index contributed by atoms with van der Waals surface area (Å²) in [7, 11) is 0. The zero-order chi connectivity index (χ0) is 9.84. The number of nitrogens with zero attached hydrogens (tertiary/aromatic N) is 1.